The first kappa shape index (κ1) is 13.1. The van der Waals surface area contributed by atoms with Crippen molar-refractivity contribution in [1.29, 1.82) is 0 Å². The van der Waals surface area contributed by atoms with E-state index in [1.54, 1.807) is 6.07 Å². The van der Waals surface area contributed by atoms with Crippen molar-refractivity contribution in [2.75, 3.05) is 11.4 Å². The smallest absolute Gasteiger partial charge is 0.228 e. The fraction of sp³-hybridized carbons (Fsp3) is 0.462. The highest BCUT2D eigenvalue weighted by molar-refractivity contribution is 6.24. The molecule has 1 fully saturated rings. The van der Waals surface area contributed by atoms with Crippen LogP contribution < -0.4 is 9.64 Å². The first-order valence-electron chi connectivity index (χ1n) is 5.88. The fourth-order valence-electron chi connectivity index (χ4n) is 1.95. The molecule has 5 heteroatoms. The van der Waals surface area contributed by atoms with Gasteiger partial charge in [0.2, 0.25) is 5.91 Å². The monoisotopic (exact) mass is 271 g/mol. The fourth-order valence-corrected chi connectivity index (χ4v) is 2.22. The SMILES string of the molecule is CC(C)Oc1ccc(F)cc1N1CC(Cl)CC1=O. The number of benzene rings is 1. The van der Waals surface area contributed by atoms with Gasteiger partial charge < -0.3 is 9.64 Å². The topological polar surface area (TPSA) is 29.5 Å². The molecule has 1 atom stereocenters. The van der Waals surface area contributed by atoms with Crippen LogP contribution in [0.1, 0.15) is 20.3 Å². The second-order valence-electron chi connectivity index (χ2n) is 4.58. The van der Waals surface area contributed by atoms with Crippen LogP contribution in [0.3, 0.4) is 0 Å². The molecule has 1 aliphatic rings. The number of alkyl halides is 1. The van der Waals surface area contributed by atoms with Crippen LogP contribution in [0, 0.1) is 5.82 Å². The van der Waals surface area contributed by atoms with Crippen molar-refractivity contribution in [3.8, 4) is 5.75 Å². The van der Waals surface area contributed by atoms with E-state index in [4.69, 9.17) is 16.3 Å². The average molecular weight is 272 g/mol. The number of rotatable bonds is 3. The lowest BCUT2D eigenvalue weighted by Gasteiger charge is -2.21. The van der Waals surface area contributed by atoms with E-state index < -0.39 is 5.82 Å². The Morgan fingerprint density at radius 1 is 1.50 bits per heavy atom. The number of amides is 1. The average Bonchev–Trinajstić information content (AvgIpc) is 2.60. The van der Waals surface area contributed by atoms with Crippen molar-refractivity contribution in [3.05, 3.63) is 24.0 Å². The van der Waals surface area contributed by atoms with Crippen LogP contribution in [-0.2, 0) is 4.79 Å². The summed E-state index contributed by atoms with van der Waals surface area (Å²) in [5.74, 6) is 0.00616. The maximum absolute atomic E-state index is 13.3. The highest BCUT2D eigenvalue weighted by atomic mass is 35.5. The summed E-state index contributed by atoms with van der Waals surface area (Å²) < 4.78 is 18.9. The van der Waals surface area contributed by atoms with Gasteiger partial charge in [-0.15, -0.1) is 11.6 Å². The predicted octanol–water partition coefficient (Wildman–Crippen LogP) is 2.96. The summed E-state index contributed by atoms with van der Waals surface area (Å²) in [5.41, 5.74) is 0.455. The summed E-state index contributed by atoms with van der Waals surface area (Å²) >= 11 is 5.95. The molecule has 1 unspecified atom stereocenters. The summed E-state index contributed by atoms with van der Waals surface area (Å²) in [5, 5.41) is -0.229. The number of carbonyl (C=O) groups excluding carboxylic acids is 1. The minimum Gasteiger partial charge on any atom is -0.489 e. The van der Waals surface area contributed by atoms with Gasteiger partial charge in [-0.25, -0.2) is 4.39 Å². The van der Waals surface area contributed by atoms with Crippen LogP contribution in [-0.4, -0.2) is 23.9 Å². The van der Waals surface area contributed by atoms with Gasteiger partial charge in [0.1, 0.15) is 11.6 Å². The van der Waals surface area contributed by atoms with Crippen molar-refractivity contribution < 1.29 is 13.9 Å². The Hall–Kier alpha value is -1.29. The van der Waals surface area contributed by atoms with E-state index in [1.807, 2.05) is 13.8 Å². The van der Waals surface area contributed by atoms with Crippen molar-refractivity contribution in [2.45, 2.75) is 31.7 Å². The Balaban J connectivity index is 2.35. The molecular weight excluding hydrogens is 257 g/mol. The molecule has 0 saturated carbocycles. The first-order valence-corrected chi connectivity index (χ1v) is 6.31. The van der Waals surface area contributed by atoms with Gasteiger partial charge in [0.15, 0.2) is 0 Å². The Labute approximate surface area is 110 Å². The van der Waals surface area contributed by atoms with Gasteiger partial charge in [-0.3, -0.25) is 4.79 Å². The maximum atomic E-state index is 13.3. The second-order valence-corrected chi connectivity index (χ2v) is 5.20. The van der Waals surface area contributed by atoms with Crippen molar-refractivity contribution in [3.63, 3.8) is 0 Å². The lowest BCUT2D eigenvalue weighted by Crippen LogP contribution is -2.25. The molecule has 1 aliphatic heterocycles. The van der Waals surface area contributed by atoms with Crippen LogP contribution >= 0.6 is 11.6 Å². The third-order valence-electron chi connectivity index (χ3n) is 2.65. The van der Waals surface area contributed by atoms with E-state index in [-0.39, 0.29) is 23.8 Å². The zero-order valence-corrected chi connectivity index (χ0v) is 11.1. The molecule has 0 aromatic heterocycles. The van der Waals surface area contributed by atoms with E-state index in [2.05, 4.69) is 0 Å². The number of hydrogen-bond donors (Lipinski definition) is 0. The molecule has 0 radical (unpaired) electrons. The van der Waals surface area contributed by atoms with E-state index >= 15 is 0 Å². The van der Waals surface area contributed by atoms with Crippen LogP contribution in [0.5, 0.6) is 5.75 Å². The third-order valence-corrected chi connectivity index (χ3v) is 2.94. The Morgan fingerprint density at radius 3 is 2.78 bits per heavy atom. The van der Waals surface area contributed by atoms with E-state index in [9.17, 15) is 9.18 Å². The molecule has 0 bridgehead atoms. The quantitative estimate of drug-likeness (QED) is 0.791. The molecule has 0 spiro atoms. The number of halogens is 2. The zero-order valence-electron chi connectivity index (χ0n) is 10.3. The molecule has 2 rings (SSSR count). The number of hydrogen-bond acceptors (Lipinski definition) is 2. The van der Waals surface area contributed by atoms with Gasteiger partial charge >= 0.3 is 0 Å². The van der Waals surface area contributed by atoms with Gasteiger partial charge in [0.25, 0.3) is 0 Å². The van der Waals surface area contributed by atoms with E-state index in [0.29, 0.717) is 18.0 Å². The first-order chi connectivity index (χ1) is 8.47. The minimum absolute atomic E-state index is 0.0429. The van der Waals surface area contributed by atoms with Crippen molar-refractivity contribution >= 4 is 23.2 Å². The zero-order chi connectivity index (χ0) is 13.3. The van der Waals surface area contributed by atoms with E-state index in [1.165, 1.54) is 17.0 Å². The van der Waals surface area contributed by atoms with Gasteiger partial charge in [-0.1, -0.05) is 0 Å². The molecule has 0 N–H and O–H groups in total. The number of anilines is 1. The summed E-state index contributed by atoms with van der Waals surface area (Å²) in [6.07, 6.45) is 0.234. The Bertz CT molecular complexity index is 464. The largest absolute Gasteiger partial charge is 0.489 e. The van der Waals surface area contributed by atoms with Crippen LogP contribution in [0.15, 0.2) is 18.2 Å². The molecule has 1 saturated heterocycles. The highest BCUT2D eigenvalue weighted by Gasteiger charge is 2.31. The standard InChI is InChI=1S/C13H15ClFNO2/c1-8(2)18-12-4-3-10(15)6-11(12)16-7-9(14)5-13(16)17/h3-4,6,8-9H,5,7H2,1-2H3. The molecule has 18 heavy (non-hydrogen) atoms. The minimum atomic E-state index is -0.396. The number of nitrogens with zero attached hydrogens (tertiary/aromatic N) is 1. The van der Waals surface area contributed by atoms with Crippen molar-refractivity contribution in [2.24, 2.45) is 0 Å². The molecular formula is C13H15ClFNO2. The molecule has 1 amide bonds. The summed E-state index contributed by atoms with van der Waals surface area (Å²) in [7, 11) is 0. The van der Waals surface area contributed by atoms with E-state index in [0.717, 1.165) is 0 Å². The molecule has 1 aromatic carbocycles. The molecule has 0 aliphatic carbocycles. The normalized spacial score (nSPS) is 19.7. The highest BCUT2D eigenvalue weighted by Crippen LogP contribution is 2.33. The molecule has 1 aromatic rings. The van der Waals surface area contributed by atoms with Gasteiger partial charge in [-0.05, 0) is 26.0 Å². The van der Waals surface area contributed by atoms with Gasteiger partial charge in [0, 0.05) is 19.0 Å². The summed E-state index contributed by atoms with van der Waals surface area (Å²) in [6, 6.07) is 4.17. The number of carbonyl (C=O) groups is 1. The van der Waals surface area contributed by atoms with Gasteiger partial charge in [-0.2, -0.15) is 0 Å². The number of ether oxygens (including phenoxy) is 1. The molecule has 1 heterocycles. The predicted molar refractivity (Wildman–Crippen MR) is 68.8 cm³/mol. The van der Waals surface area contributed by atoms with Crippen LogP contribution in [0.25, 0.3) is 0 Å². The molecule has 98 valence electrons. The summed E-state index contributed by atoms with van der Waals surface area (Å²) in [4.78, 5) is 13.3. The van der Waals surface area contributed by atoms with Crippen molar-refractivity contribution in [1.82, 2.24) is 0 Å². The van der Waals surface area contributed by atoms with Gasteiger partial charge in [0.05, 0.1) is 17.2 Å². The summed E-state index contributed by atoms with van der Waals surface area (Å²) in [6.45, 7) is 4.14. The maximum Gasteiger partial charge on any atom is 0.228 e. The lowest BCUT2D eigenvalue weighted by molar-refractivity contribution is -0.117. The Morgan fingerprint density at radius 2 is 2.22 bits per heavy atom. The Kier molecular flexibility index (Phi) is 3.76. The van der Waals surface area contributed by atoms with Crippen LogP contribution in [0.4, 0.5) is 10.1 Å². The lowest BCUT2D eigenvalue weighted by atomic mass is 10.2. The second kappa shape index (κ2) is 5.14. The third kappa shape index (κ3) is 2.75. The van der Waals surface area contributed by atoms with Crippen LogP contribution in [0.2, 0.25) is 0 Å². The molecule has 3 nitrogen and oxygen atoms in total.